The number of hydrogen-bond acceptors (Lipinski definition) is 4. The van der Waals surface area contributed by atoms with E-state index in [4.69, 9.17) is 19.9 Å². The van der Waals surface area contributed by atoms with Gasteiger partial charge in [0.2, 0.25) is 0 Å². The molecule has 0 saturated carbocycles. The van der Waals surface area contributed by atoms with Crippen LogP contribution in [-0.4, -0.2) is 46.4 Å². The molecular weight excluding hydrogens is 638 g/mol. The number of hydrogen-bond donors (Lipinski definition) is 0. The Morgan fingerprint density at radius 1 is 0.744 bits per heavy atom. The average molecular weight is 691 g/mol. The molecule has 2 aromatic heterocycles. The Morgan fingerprint density at radius 2 is 1.16 bits per heavy atom. The first-order valence-corrected chi connectivity index (χ1v) is 24.0. The van der Waals surface area contributed by atoms with Gasteiger partial charge in [-0.3, -0.25) is 0 Å². The van der Waals surface area contributed by atoms with Crippen LogP contribution in [0.2, 0.25) is 39.3 Å². The Morgan fingerprint density at radius 3 is 1.47 bits per heavy atom. The van der Waals surface area contributed by atoms with Crippen LogP contribution in [-0.2, 0) is 28.4 Å². The van der Waals surface area contributed by atoms with Gasteiger partial charge in [-0.1, -0.05) is 88.7 Å². The van der Waals surface area contributed by atoms with Crippen molar-refractivity contribution in [2.45, 2.75) is 102 Å². The van der Waals surface area contributed by atoms with Crippen molar-refractivity contribution in [3.63, 3.8) is 0 Å². The maximum Gasteiger partial charge on any atom is 2.00 e. The molecule has 0 aliphatic heterocycles. The Bertz CT molecular complexity index is 1330. The molecule has 0 saturated heterocycles. The second-order valence-electron chi connectivity index (χ2n) is 15.2. The number of rotatable bonds is 7. The predicted octanol–water partition coefficient (Wildman–Crippen LogP) is 8.22. The monoisotopic (exact) mass is 690 g/mol. The second-order valence-corrected chi connectivity index (χ2v) is 29.9. The molecule has 0 aliphatic rings. The summed E-state index contributed by atoms with van der Waals surface area (Å²) in [6, 6.07) is 16.3. The van der Waals surface area contributed by atoms with Gasteiger partial charge >= 0.3 is 17.1 Å². The van der Waals surface area contributed by atoms with Crippen molar-refractivity contribution in [2.24, 2.45) is 0 Å². The smallest absolute Gasteiger partial charge is 0.241 e. The molecule has 0 fully saturated rings. The van der Waals surface area contributed by atoms with E-state index in [9.17, 15) is 0 Å². The van der Waals surface area contributed by atoms with Gasteiger partial charge in [0.25, 0.3) is 0 Å². The van der Waals surface area contributed by atoms with E-state index in [0.717, 1.165) is 17.8 Å². The third kappa shape index (κ3) is 9.12. The predicted molar refractivity (Wildman–Crippen MR) is 194 cm³/mol. The first kappa shape index (κ1) is 37.9. The van der Waals surface area contributed by atoms with Crippen LogP contribution in [0.25, 0.3) is 0 Å². The SMILES string of the molecule is CC(C)(C)P(Cc1c(C(P)(c2ncccn2)c2ncccn2)cc([Si](C)(C)C)[c-]1[Si](C)(C)C)C(C)(C)C.[Fe+2].c1cc[cH-]c1. The van der Waals surface area contributed by atoms with Crippen LogP contribution < -0.4 is 10.4 Å². The van der Waals surface area contributed by atoms with Crippen molar-refractivity contribution in [1.29, 1.82) is 0 Å². The zero-order valence-corrected chi connectivity index (χ0v) is 33.5. The molecule has 9 heteroatoms. The maximum absolute atomic E-state index is 4.80. The first-order chi connectivity index (χ1) is 19.3. The maximum atomic E-state index is 4.80. The van der Waals surface area contributed by atoms with Gasteiger partial charge in [0, 0.05) is 32.9 Å². The van der Waals surface area contributed by atoms with E-state index in [1.165, 1.54) is 11.1 Å². The summed E-state index contributed by atoms with van der Waals surface area (Å²) in [6.07, 6.45) is 8.43. The van der Waals surface area contributed by atoms with E-state index in [0.29, 0.717) is 0 Å². The van der Waals surface area contributed by atoms with Gasteiger partial charge in [0.15, 0.2) is 0 Å². The summed E-state index contributed by atoms with van der Waals surface area (Å²) in [5.74, 6) is 1.47. The minimum Gasteiger partial charge on any atom is -0.241 e. The summed E-state index contributed by atoms with van der Waals surface area (Å²) >= 11 is 0. The third-order valence-corrected chi connectivity index (χ3v) is 16.5. The fraction of sp³-hybridized carbons (Fsp3) is 0.471. The molecular formula is C34H52FeN4P2Si2. The molecule has 0 bridgehead atoms. The van der Waals surface area contributed by atoms with E-state index in [1.54, 1.807) is 10.4 Å². The van der Waals surface area contributed by atoms with Gasteiger partial charge in [-0.15, -0.1) is 9.24 Å². The Labute approximate surface area is 277 Å². The molecule has 2 aromatic carbocycles. The summed E-state index contributed by atoms with van der Waals surface area (Å²) in [7, 11) is -0.630. The largest absolute Gasteiger partial charge is 2.00 e. The van der Waals surface area contributed by atoms with Gasteiger partial charge in [0.1, 0.15) is 11.6 Å². The van der Waals surface area contributed by atoms with Crippen LogP contribution in [0.5, 0.6) is 0 Å². The minimum atomic E-state index is -1.72. The summed E-state index contributed by atoms with van der Waals surface area (Å²) < 4.78 is 0. The molecule has 0 aliphatic carbocycles. The van der Waals surface area contributed by atoms with Gasteiger partial charge in [0.05, 0.1) is 13.2 Å². The van der Waals surface area contributed by atoms with Crippen molar-refractivity contribution in [2.75, 3.05) is 0 Å². The van der Waals surface area contributed by atoms with Crippen LogP contribution in [0.15, 0.2) is 73.3 Å². The average Bonchev–Trinajstić information content (AvgIpc) is 3.58. The summed E-state index contributed by atoms with van der Waals surface area (Å²) in [4.78, 5) is 19.2. The second kappa shape index (κ2) is 14.4. The van der Waals surface area contributed by atoms with E-state index >= 15 is 0 Å². The zero-order valence-electron chi connectivity index (χ0n) is 28.3. The van der Waals surface area contributed by atoms with Crippen molar-refractivity contribution >= 4 is 43.7 Å². The van der Waals surface area contributed by atoms with Crippen molar-refractivity contribution < 1.29 is 17.1 Å². The molecule has 2 heterocycles. The molecule has 0 radical (unpaired) electrons. The first-order valence-electron chi connectivity index (χ1n) is 14.9. The van der Waals surface area contributed by atoms with Crippen molar-refractivity contribution in [3.8, 4) is 0 Å². The van der Waals surface area contributed by atoms with Gasteiger partial charge in [-0.2, -0.15) is 39.7 Å². The van der Waals surface area contributed by atoms with Crippen LogP contribution >= 0.6 is 17.2 Å². The standard InChI is InChI=1S/C29H47N4P2Si2.C5H5.Fe/c1-27(2,3)35(28(4,5)6)20-21-22(19-23(36(7,8)9)24(21)37(10,11)12)29(34,25-30-15-13-16-31-25)26-32-17-14-18-33-26;1-2-4-5-3-1;/h13-19H,20,34H2,1-12H3;1-5H;/q2*-1;+2. The summed E-state index contributed by atoms with van der Waals surface area (Å²) in [5.41, 5.74) is 2.80. The van der Waals surface area contributed by atoms with Gasteiger partial charge in [-0.25, -0.2) is 38.1 Å². The Balaban J connectivity index is 0.000000973. The molecule has 4 nitrogen and oxygen atoms in total. The fourth-order valence-electron chi connectivity index (χ4n) is 5.87. The molecule has 0 spiro atoms. The van der Waals surface area contributed by atoms with E-state index < -0.39 is 21.3 Å². The number of aromatic nitrogens is 4. The van der Waals surface area contributed by atoms with Crippen LogP contribution in [0.3, 0.4) is 0 Å². The molecule has 4 rings (SSSR count). The summed E-state index contributed by atoms with van der Waals surface area (Å²) in [5, 5.41) is 2.96. The summed E-state index contributed by atoms with van der Waals surface area (Å²) in [6.45, 7) is 29.5. The topological polar surface area (TPSA) is 51.6 Å². The molecule has 0 N–H and O–H groups in total. The van der Waals surface area contributed by atoms with Gasteiger partial charge < -0.3 is 0 Å². The molecule has 234 valence electrons. The Kier molecular flexibility index (Phi) is 12.7. The fourth-order valence-corrected chi connectivity index (χ4v) is 15.9. The van der Waals surface area contributed by atoms with E-state index in [-0.39, 0.29) is 35.3 Å². The zero-order chi connectivity index (χ0) is 31.6. The van der Waals surface area contributed by atoms with Crippen molar-refractivity contribution in [1.82, 2.24) is 19.9 Å². The third-order valence-electron chi connectivity index (χ3n) is 7.50. The molecule has 0 amide bonds. The van der Waals surface area contributed by atoms with Gasteiger partial charge in [-0.05, 0) is 28.6 Å². The minimum absolute atomic E-state index is 0. The van der Waals surface area contributed by atoms with Crippen molar-refractivity contribution in [3.05, 3.63) is 96.1 Å². The molecule has 1 unspecified atom stereocenters. The quantitative estimate of drug-likeness (QED) is 0.111. The molecule has 43 heavy (non-hydrogen) atoms. The van der Waals surface area contributed by atoms with E-state index in [1.807, 2.05) is 67.3 Å². The van der Waals surface area contributed by atoms with Crippen LogP contribution in [0.1, 0.15) is 64.3 Å². The van der Waals surface area contributed by atoms with E-state index in [2.05, 4.69) is 96.1 Å². The molecule has 1 atom stereocenters. The normalized spacial score (nSPS) is 12.9. The Hall–Kier alpha value is -1.33. The molecule has 4 aromatic rings. The number of nitrogens with zero attached hydrogens (tertiary/aromatic N) is 4. The van der Waals surface area contributed by atoms with Crippen LogP contribution in [0.4, 0.5) is 0 Å². The van der Waals surface area contributed by atoms with Crippen LogP contribution in [0, 0.1) is 0 Å².